The zero-order valence-corrected chi connectivity index (χ0v) is 14.9. The van der Waals surface area contributed by atoms with Crippen molar-refractivity contribution in [1.82, 2.24) is 0 Å². The number of nitrogens with one attached hydrogen (secondary N) is 1. The molecule has 0 aliphatic carbocycles. The highest BCUT2D eigenvalue weighted by Gasteiger charge is 2.19. The van der Waals surface area contributed by atoms with Crippen LogP contribution >= 0.6 is 0 Å². The van der Waals surface area contributed by atoms with Crippen LogP contribution in [0.2, 0.25) is 0 Å². The summed E-state index contributed by atoms with van der Waals surface area (Å²) < 4.78 is 0. The Kier molecular flexibility index (Phi) is 5.39. The first-order chi connectivity index (χ1) is 11.3. The molecule has 2 aromatic carbocycles. The van der Waals surface area contributed by atoms with Crippen LogP contribution in [0.15, 0.2) is 36.4 Å². The van der Waals surface area contributed by atoms with Crippen LogP contribution in [0.5, 0.6) is 0 Å². The Morgan fingerprint density at radius 3 is 1.96 bits per heavy atom. The summed E-state index contributed by atoms with van der Waals surface area (Å²) >= 11 is 0. The zero-order chi connectivity index (χ0) is 17.9. The van der Waals surface area contributed by atoms with E-state index >= 15 is 0 Å². The maximum atomic E-state index is 12.4. The van der Waals surface area contributed by atoms with Gasteiger partial charge in [0.25, 0.3) is 0 Å². The van der Waals surface area contributed by atoms with Crippen LogP contribution in [0, 0.1) is 27.7 Å². The minimum atomic E-state index is -0.214. The topological polar surface area (TPSA) is 49.4 Å². The Hall–Kier alpha value is -2.62. The lowest BCUT2D eigenvalue weighted by Gasteiger charge is -2.25. The quantitative estimate of drug-likeness (QED) is 0.927. The third-order valence-corrected chi connectivity index (χ3v) is 3.92. The molecule has 0 heterocycles. The monoisotopic (exact) mass is 324 g/mol. The molecule has 2 aromatic rings. The summed E-state index contributed by atoms with van der Waals surface area (Å²) in [5.74, 6) is -0.363. The maximum Gasteiger partial charge on any atom is 0.244 e. The molecule has 1 N–H and O–H groups in total. The highest BCUT2D eigenvalue weighted by molar-refractivity contribution is 6.02. The van der Waals surface area contributed by atoms with Gasteiger partial charge in [0.1, 0.15) is 6.54 Å². The van der Waals surface area contributed by atoms with E-state index in [1.54, 1.807) is 0 Å². The average Bonchev–Trinajstić information content (AvgIpc) is 2.47. The maximum absolute atomic E-state index is 12.4. The first-order valence-corrected chi connectivity index (χ1v) is 8.00. The second-order valence-electron chi connectivity index (χ2n) is 6.27. The largest absolute Gasteiger partial charge is 0.325 e. The molecule has 0 fully saturated rings. The lowest BCUT2D eigenvalue weighted by Crippen LogP contribution is -2.37. The summed E-state index contributed by atoms with van der Waals surface area (Å²) in [5, 5.41) is 2.84. The molecule has 126 valence electrons. The average molecular weight is 324 g/mol. The van der Waals surface area contributed by atoms with E-state index in [1.165, 1.54) is 11.8 Å². The van der Waals surface area contributed by atoms with Gasteiger partial charge in [-0.15, -0.1) is 0 Å². The molecule has 0 aliphatic rings. The van der Waals surface area contributed by atoms with Gasteiger partial charge < -0.3 is 10.2 Å². The number of amides is 2. The van der Waals surface area contributed by atoms with Crippen molar-refractivity contribution in [3.8, 4) is 0 Å². The Labute approximate surface area is 143 Å². The smallest absolute Gasteiger partial charge is 0.244 e. The molecule has 0 atom stereocenters. The van der Waals surface area contributed by atoms with Crippen LogP contribution in [-0.4, -0.2) is 18.4 Å². The van der Waals surface area contributed by atoms with Crippen LogP contribution in [0.25, 0.3) is 0 Å². The Morgan fingerprint density at radius 2 is 1.46 bits per heavy atom. The molecule has 4 heteroatoms. The summed E-state index contributed by atoms with van der Waals surface area (Å²) in [6.45, 7) is 9.41. The summed E-state index contributed by atoms with van der Waals surface area (Å²) in [5.41, 5.74) is 5.79. The number of anilines is 2. The molecular formula is C20H24N2O2. The highest BCUT2D eigenvalue weighted by Crippen LogP contribution is 2.26. The van der Waals surface area contributed by atoms with Gasteiger partial charge in [0.15, 0.2) is 0 Å². The van der Waals surface area contributed by atoms with Crippen molar-refractivity contribution in [3.05, 3.63) is 58.7 Å². The van der Waals surface area contributed by atoms with Gasteiger partial charge in [-0.05, 0) is 51.0 Å². The molecular weight excluding hydrogens is 300 g/mol. The van der Waals surface area contributed by atoms with Gasteiger partial charge in [0.05, 0.1) is 5.69 Å². The van der Waals surface area contributed by atoms with Gasteiger partial charge in [-0.25, -0.2) is 0 Å². The lowest BCUT2D eigenvalue weighted by atomic mass is 10.0. The lowest BCUT2D eigenvalue weighted by molar-refractivity contribution is -0.120. The van der Waals surface area contributed by atoms with E-state index in [9.17, 15) is 9.59 Å². The fraction of sp³-hybridized carbons (Fsp3) is 0.300. The molecule has 0 bridgehead atoms. The second-order valence-corrected chi connectivity index (χ2v) is 6.27. The van der Waals surface area contributed by atoms with E-state index < -0.39 is 0 Å². The standard InChI is InChI=1S/C20H24N2O2/c1-13-6-8-18(9-7-13)21-19(24)12-22(17(5)23)20-15(3)10-14(2)11-16(20)4/h6-11H,12H2,1-5H3,(H,21,24). The molecule has 0 aromatic heterocycles. The summed E-state index contributed by atoms with van der Waals surface area (Å²) in [6, 6.07) is 11.6. The predicted octanol–water partition coefficient (Wildman–Crippen LogP) is 3.91. The number of nitrogens with zero attached hydrogens (tertiary/aromatic N) is 1. The van der Waals surface area contributed by atoms with Crippen molar-refractivity contribution in [2.75, 3.05) is 16.8 Å². The van der Waals surface area contributed by atoms with Crippen molar-refractivity contribution >= 4 is 23.2 Å². The zero-order valence-electron chi connectivity index (χ0n) is 14.9. The molecule has 0 radical (unpaired) electrons. The number of hydrogen-bond donors (Lipinski definition) is 1. The molecule has 4 nitrogen and oxygen atoms in total. The van der Waals surface area contributed by atoms with E-state index in [1.807, 2.05) is 64.1 Å². The molecule has 0 saturated carbocycles. The minimum absolute atomic E-state index is 0.00600. The van der Waals surface area contributed by atoms with Crippen LogP contribution < -0.4 is 10.2 Å². The normalized spacial score (nSPS) is 10.4. The molecule has 0 aliphatic heterocycles. The van der Waals surface area contributed by atoms with Gasteiger partial charge in [-0.2, -0.15) is 0 Å². The first kappa shape index (κ1) is 17.7. The van der Waals surface area contributed by atoms with Gasteiger partial charge in [-0.1, -0.05) is 35.4 Å². The van der Waals surface area contributed by atoms with E-state index in [-0.39, 0.29) is 18.4 Å². The van der Waals surface area contributed by atoms with E-state index in [0.29, 0.717) is 0 Å². The summed E-state index contributed by atoms with van der Waals surface area (Å²) in [4.78, 5) is 26.0. The van der Waals surface area contributed by atoms with Crippen LogP contribution in [-0.2, 0) is 9.59 Å². The number of carbonyl (C=O) groups excluding carboxylic acids is 2. The van der Waals surface area contributed by atoms with Crippen molar-refractivity contribution in [2.24, 2.45) is 0 Å². The van der Waals surface area contributed by atoms with Crippen LogP contribution in [0.3, 0.4) is 0 Å². The Morgan fingerprint density at radius 1 is 0.917 bits per heavy atom. The third-order valence-electron chi connectivity index (χ3n) is 3.92. The predicted molar refractivity (Wildman–Crippen MR) is 98.5 cm³/mol. The van der Waals surface area contributed by atoms with Crippen molar-refractivity contribution in [2.45, 2.75) is 34.6 Å². The van der Waals surface area contributed by atoms with E-state index in [2.05, 4.69) is 5.32 Å². The van der Waals surface area contributed by atoms with Gasteiger partial charge in [0.2, 0.25) is 11.8 Å². The highest BCUT2D eigenvalue weighted by atomic mass is 16.2. The van der Waals surface area contributed by atoms with E-state index in [4.69, 9.17) is 0 Å². The van der Waals surface area contributed by atoms with Crippen molar-refractivity contribution in [3.63, 3.8) is 0 Å². The molecule has 24 heavy (non-hydrogen) atoms. The molecule has 2 rings (SSSR count). The van der Waals surface area contributed by atoms with Gasteiger partial charge in [0, 0.05) is 12.6 Å². The minimum Gasteiger partial charge on any atom is -0.325 e. The van der Waals surface area contributed by atoms with Gasteiger partial charge in [-0.3, -0.25) is 9.59 Å². The third kappa shape index (κ3) is 4.22. The second kappa shape index (κ2) is 7.30. The number of rotatable bonds is 4. The van der Waals surface area contributed by atoms with Gasteiger partial charge >= 0.3 is 0 Å². The van der Waals surface area contributed by atoms with Crippen molar-refractivity contribution < 1.29 is 9.59 Å². The SMILES string of the molecule is CC(=O)N(CC(=O)Nc1ccc(C)cc1)c1c(C)cc(C)cc1C. The molecule has 0 unspecified atom stereocenters. The number of aryl methyl sites for hydroxylation is 4. The van der Waals surface area contributed by atoms with Crippen LogP contribution in [0.1, 0.15) is 29.2 Å². The van der Waals surface area contributed by atoms with E-state index in [0.717, 1.165) is 33.6 Å². The molecule has 2 amide bonds. The Balaban J connectivity index is 2.21. The number of carbonyl (C=O) groups is 2. The summed E-state index contributed by atoms with van der Waals surface area (Å²) in [7, 11) is 0. The number of benzene rings is 2. The Bertz CT molecular complexity index is 741. The summed E-state index contributed by atoms with van der Waals surface area (Å²) in [6.07, 6.45) is 0. The van der Waals surface area contributed by atoms with Crippen molar-refractivity contribution in [1.29, 1.82) is 0 Å². The first-order valence-electron chi connectivity index (χ1n) is 8.00. The fourth-order valence-corrected chi connectivity index (χ4v) is 2.93. The molecule has 0 saturated heterocycles. The van der Waals surface area contributed by atoms with Crippen LogP contribution in [0.4, 0.5) is 11.4 Å². The number of hydrogen-bond acceptors (Lipinski definition) is 2. The molecule has 0 spiro atoms. The fourth-order valence-electron chi connectivity index (χ4n) is 2.93.